The van der Waals surface area contributed by atoms with Crippen molar-refractivity contribution in [1.29, 1.82) is 0 Å². The van der Waals surface area contributed by atoms with E-state index in [9.17, 15) is 18.0 Å². The summed E-state index contributed by atoms with van der Waals surface area (Å²) in [5, 5.41) is 3.55. The van der Waals surface area contributed by atoms with E-state index in [0.717, 1.165) is 43.6 Å². The van der Waals surface area contributed by atoms with Crippen molar-refractivity contribution in [2.24, 2.45) is 0 Å². The molecule has 1 aliphatic rings. The van der Waals surface area contributed by atoms with Crippen LogP contribution in [0.2, 0.25) is 5.02 Å². The fraction of sp³-hybridized carbons (Fsp3) is 0.269. The molecule has 1 N–H and O–H groups in total. The highest BCUT2D eigenvalue weighted by Crippen LogP contribution is 2.35. The van der Waals surface area contributed by atoms with Crippen LogP contribution in [-0.2, 0) is 12.7 Å². The number of likely N-dealkylation sites (N-methyl/N-ethyl adjacent to an activating group) is 1. The molecule has 7 nitrogen and oxygen atoms in total. The molecule has 0 unspecified atom stereocenters. The summed E-state index contributed by atoms with van der Waals surface area (Å²) in [4.78, 5) is 26.1. The number of piperazine rings is 1. The third-order valence-electron chi connectivity index (χ3n) is 6.46. The quantitative estimate of drug-likeness (QED) is 0.393. The minimum atomic E-state index is -4.62. The van der Waals surface area contributed by atoms with Gasteiger partial charge in [0, 0.05) is 65.8 Å². The lowest BCUT2D eigenvalue weighted by Crippen LogP contribution is -2.44. The topological polar surface area (TPSA) is 66.3 Å². The summed E-state index contributed by atoms with van der Waals surface area (Å²) in [7, 11) is 2.11. The van der Waals surface area contributed by atoms with E-state index in [1.165, 1.54) is 29.0 Å². The van der Waals surface area contributed by atoms with Crippen LogP contribution in [0.25, 0.3) is 11.0 Å². The molecule has 1 aliphatic heterocycles. The number of halogens is 4. The summed E-state index contributed by atoms with van der Waals surface area (Å²) >= 11 is 6.14. The SMILES string of the molecule is CN1CCN(c2ccc(Nc3ncc4ccc(=O)n(Cc5c(Cl)cccc5C(F)(F)F)c4n3)cc2)CC1. The molecule has 11 heteroatoms. The van der Waals surface area contributed by atoms with Gasteiger partial charge >= 0.3 is 6.18 Å². The van der Waals surface area contributed by atoms with Gasteiger partial charge in [-0.15, -0.1) is 0 Å². The van der Waals surface area contributed by atoms with Gasteiger partial charge in [0.25, 0.3) is 5.56 Å². The molecule has 192 valence electrons. The van der Waals surface area contributed by atoms with Crippen LogP contribution in [0.1, 0.15) is 11.1 Å². The zero-order valence-electron chi connectivity index (χ0n) is 20.0. The molecule has 0 spiro atoms. The fourth-order valence-corrected chi connectivity index (χ4v) is 4.61. The number of anilines is 3. The maximum Gasteiger partial charge on any atom is 0.416 e. The van der Waals surface area contributed by atoms with E-state index < -0.39 is 17.3 Å². The van der Waals surface area contributed by atoms with E-state index in [4.69, 9.17) is 11.6 Å². The van der Waals surface area contributed by atoms with Crippen LogP contribution in [0.3, 0.4) is 0 Å². The number of hydrogen-bond donors (Lipinski definition) is 1. The zero-order chi connectivity index (χ0) is 26.2. The lowest BCUT2D eigenvalue weighted by atomic mass is 10.1. The van der Waals surface area contributed by atoms with Crippen LogP contribution in [0.4, 0.5) is 30.5 Å². The number of nitrogens with zero attached hydrogens (tertiary/aromatic N) is 5. The fourth-order valence-electron chi connectivity index (χ4n) is 4.38. The van der Waals surface area contributed by atoms with E-state index in [2.05, 4.69) is 32.1 Å². The molecule has 0 bridgehead atoms. The van der Waals surface area contributed by atoms with Gasteiger partial charge in [-0.25, -0.2) is 4.98 Å². The van der Waals surface area contributed by atoms with E-state index >= 15 is 0 Å². The lowest BCUT2D eigenvalue weighted by molar-refractivity contribution is -0.138. The second kappa shape index (κ2) is 10.0. The van der Waals surface area contributed by atoms with Gasteiger partial charge in [-0.05, 0) is 49.5 Å². The number of rotatable bonds is 5. The van der Waals surface area contributed by atoms with Crippen molar-refractivity contribution >= 4 is 40.0 Å². The molecule has 0 radical (unpaired) electrons. The molecule has 3 heterocycles. The number of pyridine rings is 1. The predicted octanol–water partition coefficient (Wildman–Crippen LogP) is 5.01. The van der Waals surface area contributed by atoms with Crippen LogP contribution in [-0.4, -0.2) is 52.7 Å². The Hall–Kier alpha value is -3.63. The van der Waals surface area contributed by atoms with Crippen molar-refractivity contribution in [3.63, 3.8) is 0 Å². The van der Waals surface area contributed by atoms with Crippen LogP contribution >= 0.6 is 11.6 Å². The van der Waals surface area contributed by atoms with Crippen LogP contribution in [0.15, 0.2) is 65.6 Å². The highest BCUT2D eigenvalue weighted by atomic mass is 35.5. The van der Waals surface area contributed by atoms with Crippen LogP contribution in [0, 0.1) is 0 Å². The molecule has 0 aliphatic carbocycles. The molecule has 5 rings (SSSR count). The highest BCUT2D eigenvalue weighted by molar-refractivity contribution is 6.31. The number of nitrogens with one attached hydrogen (secondary N) is 1. The zero-order valence-corrected chi connectivity index (χ0v) is 20.7. The van der Waals surface area contributed by atoms with E-state index in [0.29, 0.717) is 5.39 Å². The maximum absolute atomic E-state index is 13.6. The minimum Gasteiger partial charge on any atom is -0.369 e. The normalized spacial score (nSPS) is 14.8. The lowest BCUT2D eigenvalue weighted by Gasteiger charge is -2.34. The predicted molar refractivity (Wildman–Crippen MR) is 139 cm³/mol. The van der Waals surface area contributed by atoms with Gasteiger partial charge in [-0.1, -0.05) is 17.7 Å². The molecular formula is C26H24ClF3N6O. The number of fused-ring (bicyclic) bond motifs is 1. The third-order valence-corrected chi connectivity index (χ3v) is 6.81. The van der Waals surface area contributed by atoms with E-state index in [1.807, 2.05) is 24.3 Å². The van der Waals surface area contributed by atoms with Crippen LogP contribution < -0.4 is 15.8 Å². The average Bonchev–Trinajstić information content (AvgIpc) is 2.87. The Bertz CT molecular complexity index is 1480. The Balaban J connectivity index is 1.44. The van der Waals surface area contributed by atoms with Crippen LogP contribution in [0.5, 0.6) is 0 Å². The maximum atomic E-state index is 13.6. The van der Waals surface area contributed by atoms with Gasteiger partial charge in [0.05, 0.1) is 12.1 Å². The van der Waals surface area contributed by atoms with Gasteiger partial charge < -0.3 is 15.1 Å². The van der Waals surface area contributed by atoms with Gasteiger partial charge in [0.2, 0.25) is 5.95 Å². The van der Waals surface area contributed by atoms with Gasteiger partial charge in [-0.2, -0.15) is 18.2 Å². The first-order chi connectivity index (χ1) is 17.7. The first-order valence-corrected chi connectivity index (χ1v) is 12.1. The Labute approximate surface area is 216 Å². The first-order valence-electron chi connectivity index (χ1n) is 11.7. The smallest absolute Gasteiger partial charge is 0.369 e. The molecule has 0 saturated carbocycles. The Morgan fingerprint density at radius 1 is 1.00 bits per heavy atom. The second-order valence-corrected chi connectivity index (χ2v) is 9.36. The Morgan fingerprint density at radius 3 is 2.43 bits per heavy atom. The van der Waals surface area contributed by atoms with Gasteiger partial charge in [0.1, 0.15) is 5.65 Å². The van der Waals surface area contributed by atoms with Gasteiger partial charge in [-0.3, -0.25) is 9.36 Å². The standard InChI is InChI=1S/C26H24ClF3N6O/c1-34-11-13-35(14-12-34)19-8-6-18(7-9-19)32-25-31-15-17-5-10-23(37)36(24(17)33-25)16-20-21(26(28,29)30)3-2-4-22(20)27/h2-10,15H,11-14,16H2,1H3,(H,31,32,33). The first kappa shape index (κ1) is 25.0. The molecule has 1 fully saturated rings. The number of hydrogen-bond acceptors (Lipinski definition) is 6. The largest absolute Gasteiger partial charge is 0.416 e. The van der Waals surface area contributed by atoms with E-state index in [-0.39, 0.29) is 28.7 Å². The summed E-state index contributed by atoms with van der Waals surface area (Å²) in [5.41, 5.74) is 0.476. The van der Waals surface area contributed by atoms with Crippen molar-refractivity contribution in [2.45, 2.75) is 12.7 Å². The molecule has 4 aromatic rings. The molecule has 1 saturated heterocycles. The summed E-state index contributed by atoms with van der Waals surface area (Å²) in [5.74, 6) is 0.217. The van der Waals surface area contributed by atoms with Crippen molar-refractivity contribution < 1.29 is 13.2 Å². The molecular weight excluding hydrogens is 505 g/mol. The highest BCUT2D eigenvalue weighted by Gasteiger charge is 2.34. The Morgan fingerprint density at radius 2 is 1.73 bits per heavy atom. The number of benzene rings is 2. The van der Waals surface area contributed by atoms with Crippen molar-refractivity contribution in [3.8, 4) is 0 Å². The van der Waals surface area contributed by atoms with Crippen molar-refractivity contribution in [2.75, 3.05) is 43.4 Å². The summed E-state index contributed by atoms with van der Waals surface area (Å²) < 4.78 is 42.1. The average molecular weight is 529 g/mol. The third kappa shape index (κ3) is 5.40. The van der Waals surface area contributed by atoms with Crippen molar-refractivity contribution in [1.82, 2.24) is 19.4 Å². The van der Waals surface area contributed by atoms with Crippen molar-refractivity contribution in [3.05, 3.63) is 87.3 Å². The second-order valence-electron chi connectivity index (χ2n) is 8.96. The van der Waals surface area contributed by atoms with E-state index in [1.54, 1.807) is 6.07 Å². The molecule has 0 amide bonds. The number of aromatic nitrogens is 3. The molecule has 2 aromatic heterocycles. The monoisotopic (exact) mass is 528 g/mol. The van der Waals surface area contributed by atoms with Gasteiger partial charge in [0.15, 0.2) is 0 Å². The molecule has 37 heavy (non-hydrogen) atoms. The summed E-state index contributed by atoms with van der Waals surface area (Å²) in [6.45, 7) is 3.53. The molecule has 0 atom stereocenters. The summed E-state index contributed by atoms with van der Waals surface area (Å²) in [6, 6.07) is 14.2. The molecule has 2 aromatic carbocycles. The number of alkyl halides is 3. The minimum absolute atomic E-state index is 0.0772. The Kier molecular flexibility index (Phi) is 6.78. The summed E-state index contributed by atoms with van der Waals surface area (Å²) in [6.07, 6.45) is -3.09.